The number of ether oxygens (including phenoxy) is 2. The first kappa shape index (κ1) is 19.7. The predicted octanol–water partition coefficient (Wildman–Crippen LogP) is 0.919. The number of sulfonamides is 1. The van der Waals surface area contributed by atoms with Gasteiger partial charge in [-0.15, -0.1) is 12.4 Å². The normalized spacial score (nSPS) is 15.4. The first-order valence-electron chi connectivity index (χ1n) is 6.91. The number of nitrogens with one attached hydrogen (secondary N) is 1. The summed E-state index contributed by atoms with van der Waals surface area (Å²) in [6, 6.07) is 3.75. The molecule has 0 aliphatic heterocycles. The van der Waals surface area contributed by atoms with Gasteiger partial charge >= 0.3 is 5.97 Å². The van der Waals surface area contributed by atoms with Crippen LogP contribution in [0.25, 0.3) is 0 Å². The molecule has 1 aromatic rings. The van der Waals surface area contributed by atoms with Gasteiger partial charge in [-0.2, -0.15) is 0 Å². The van der Waals surface area contributed by atoms with E-state index in [9.17, 15) is 13.2 Å². The predicted molar refractivity (Wildman–Crippen MR) is 87.5 cm³/mol. The summed E-state index contributed by atoms with van der Waals surface area (Å²) < 4.78 is 37.1. The van der Waals surface area contributed by atoms with E-state index in [2.05, 4.69) is 9.46 Å². The highest BCUT2D eigenvalue weighted by atomic mass is 35.5. The summed E-state index contributed by atoms with van der Waals surface area (Å²) in [5.41, 5.74) is 5.79. The van der Waals surface area contributed by atoms with Gasteiger partial charge in [0.25, 0.3) is 0 Å². The molecule has 7 nitrogen and oxygen atoms in total. The zero-order chi connectivity index (χ0) is 16.3. The van der Waals surface area contributed by atoms with Gasteiger partial charge < -0.3 is 15.2 Å². The fourth-order valence-corrected chi connectivity index (χ4v) is 3.55. The van der Waals surface area contributed by atoms with Crippen LogP contribution in [0, 0.1) is 5.92 Å². The zero-order valence-electron chi connectivity index (χ0n) is 12.9. The third-order valence-corrected chi connectivity index (χ3v) is 5.13. The molecule has 130 valence electrons. The van der Waals surface area contributed by atoms with Crippen molar-refractivity contribution in [2.45, 2.75) is 23.8 Å². The van der Waals surface area contributed by atoms with Gasteiger partial charge in [0.05, 0.1) is 19.1 Å². The summed E-state index contributed by atoms with van der Waals surface area (Å²) >= 11 is 0. The van der Waals surface area contributed by atoms with Crippen LogP contribution < -0.4 is 15.2 Å². The lowest BCUT2D eigenvalue weighted by Gasteiger charge is -2.17. The molecule has 0 aromatic heterocycles. The van der Waals surface area contributed by atoms with Gasteiger partial charge in [0.2, 0.25) is 10.0 Å². The highest BCUT2D eigenvalue weighted by Crippen LogP contribution is 2.33. The van der Waals surface area contributed by atoms with Crippen molar-refractivity contribution in [3.8, 4) is 5.75 Å². The van der Waals surface area contributed by atoms with Crippen molar-refractivity contribution < 1.29 is 22.7 Å². The van der Waals surface area contributed by atoms with Crippen LogP contribution in [0.1, 0.15) is 23.2 Å². The first-order chi connectivity index (χ1) is 10.4. The molecule has 0 spiro atoms. The average Bonchev–Trinajstić information content (AvgIpc) is 3.36. The van der Waals surface area contributed by atoms with Crippen LogP contribution in [-0.4, -0.2) is 41.2 Å². The smallest absolute Gasteiger partial charge is 0.341 e. The minimum atomic E-state index is -3.72. The number of esters is 1. The molecule has 0 bridgehead atoms. The number of methoxy groups -OCH3 is 2. The average molecular weight is 365 g/mol. The monoisotopic (exact) mass is 364 g/mol. The van der Waals surface area contributed by atoms with E-state index >= 15 is 0 Å². The van der Waals surface area contributed by atoms with Gasteiger partial charge in [-0.1, -0.05) is 0 Å². The second kappa shape index (κ2) is 7.96. The Hall–Kier alpha value is -1.35. The Bertz CT molecular complexity index is 661. The molecule has 1 fully saturated rings. The largest absolute Gasteiger partial charge is 0.496 e. The fraction of sp³-hybridized carbons (Fsp3) is 0.500. The number of halogens is 1. The maximum atomic E-state index is 12.4. The number of nitrogens with two attached hydrogens (primary N) is 1. The molecule has 1 aromatic carbocycles. The lowest BCUT2D eigenvalue weighted by molar-refractivity contribution is 0.0597. The highest BCUT2D eigenvalue weighted by Gasteiger charge is 2.33. The minimum absolute atomic E-state index is 0. The number of hydrogen-bond donors (Lipinski definition) is 2. The van der Waals surface area contributed by atoms with Crippen molar-refractivity contribution in [1.82, 2.24) is 4.72 Å². The second-order valence-electron chi connectivity index (χ2n) is 5.15. The third kappa shape index (κ3) is 4.57. The van der Waals surface area contributed by atoms with Crippen LogP contribution in [0.4, 0.5) is 0 Å². The van der Waals surface area contributed by atoms with Crippen LogP contribution in [-0.2, 0) is 14.8 Å². The number of rotatable bonds is 7. The maximum absolute atomic E-state index is 12.4. The standard InChI is InChI=1S/C14H20N2O5S.ClH/c1-20-13-7-10(5-6-11(13)14(17)21-2)22(18,19)16-12(8-15)9-3-4-9;/h5-7,9,12,16H,3-4,8,15H2,1-2H3;1H. The van der Waals surface area contributed by atoms with Gasteiger partial charge in [-0.05, 0) is 30.9 Å². The molecule has 2 rings (SSSR count). The third-order valence-electron chi connectivity index (χ3n) is 3.64. The number of carbonyl (C=O) groups excluding carboxylic acids is 1. The molecule has 3 N–H and O–H groups in total. The molecule has 0 saturated heterocycles. The van der Waals surface area contributed by atoms with E-state index in [1.165, 1.54) is 32.4 Å². The lowest BCUT2D eigenvalue weighted by atomic mass is 10.2. The first-order valence-corrected chi connectivity index (χ1v) is 8.40. The van der Waals surface area contributed by atoms with Crippen molar-refractivity contribution in [3.05, 3.63) is 23.8 Å². The van der Waals surface area contributed by atoms with E-state index in [1.807, 2.05) is 0 Å². The van der Waals surface area contributed by atoms with E-state index in [0.29, 0.717) is 5.92 Å². The van der Waals surface area contributed by atoms with E-state index in [-0.39, 0.29) is 41.2 Å². The van der Waals surface area contributed by atoms with Gasteiger partial charge in [0.15, 0.2) is 0 Å². The molecule has 1 aliphatic carbocycles. The Morgan fingerprint density at radius 3 is 2.52 bits per heavy atom. The molecule has 0 amide bonds. The summed E-state index contributed by atoms with van der Waals surface area (Å²) in [5, 5.41) is 0. The molecule has 1 atom stereocenters. The molecule has 1 saturated carbocycles. The lowest BCUT2D eigenvalue weighted by Crippen LogP contribution is -2.41. The van der Waals surface area contributed by atoms with Crippen LogP contribution in [0.3, 0.4) is 0 Å². The zero-order valence-corrected chi connectivity index (χ0v) is 14.6. The van der Waals surface area contributed by atoms with Crippen LogP contribution >= 0.6 is 12.4 Å². The minimum Gasteiger partial charge on any atom is -0.496 e. The van der Waals surface area contributed by atoms with E-state index < -0.39 is 16.0 Å². The highest BCUT2D eigenvalue weighted by molar-refractivity contribution is 7.89. The van der Waals surface area contributed by atoms with Crippen molar-refractivity contribution in [2.24, 2.45) is 11.7 Å². The van der Waals surface area contributed by atoms with Gasteiger partial charge in [-0.3, -0.25) is 0 Å². The summed E-state index contributed by atoms with van der Waals surface area (Å²) in [7, 11) is -1.12. The van der Waals surface area contributed by atoms with Crippen LogP contribution in [0.15, 0.2) is 23.1 Å². The van der Waals surface area contributed by atoms with Crippen LogP contribution in [0.5, 0.6) is 5.75 Å². The molecule has 1 unspecified atom stereocenters. The summed E-state index contributed by atoms with van der Waals surface area (Å²) in [4.78, 5) is 11.6. The molecular weight excluding hydrogens is 344 g/mol. The maximum Gasteiger partial charge on any atom is 0.341 e. The molecule has 23 heavy (non-hydrogen) atoms. The van der Waals surface area contributed by atoms with E-state index in [1.54, 1.807) is 0 Å². The molecular formula is C14H21ClN2O5S. The molecule has 0 heterocycles. The molecule has 1 aliphatic rings. The number of benzene rings is 1. The van der Waals surface area contributed by atoms with Gasteiger partial charge in [0.1, 0.15) is 11.3 Å². The second-order valence-corrected chi connectivity index (χ2v) is 6.87. The Balaban J connectivity index is 0.00000264. The Morgan fingerprint density at radius 1 is 1.39 bits per heavy atom. The van der Waals surface area contributed by atoms with Gasteiger partial charge in [-0.25, -0.2) is 17.9 Å². The Morgan fingerprint density at radius 2 is 2.04 bits per heavy atom. The van der Waals surface area contributed by atoms with E-state index in [4.69, 9.17) is 10.5 Å². The molecule has 9 heteroatoms. The summed E-state index contributed by atoms with van der Waals surface area (Å²) in [5.74, 6) is -0.145. The van der Waals surface area contributed by atoms with Gasteiger partial charge in [0, 0.05) is 18.7 Å². The Labute approximate surface area is 142 Å². The summed E-state index contributed by atoms with van der Waals surface area (Å²) in [6.07, 6.45) is 1.96. The number of carbonyl (C=O) groups is 1. The number of hydrogen-bond acceptors (Lipinski definition) is 6. The van der Waals surface area contributed by atoms with E-state index in [0.717, 1.165) is 12.8 Å². The van der Waals surface area contributed by atoms with Crippen molar-refractivity contribution >= 4 is 28.4 Å². The molecule has 0 radical (unpaired) electrons. The summed E-state index contributed by atoms with van der Waals surface area (Å²) in [6.45, 7) is 0.251. The topological polar surface area (TPSA) is 108 Å². The quantitative estimate of drug-likeness (QED) is 0.696. The fourth-order valence-electron chi connectivity index (χ4n) is 2.22. The van der Waals surface area contributed by atoms with Crippen molar-refractivity contribution in [1.29, 1.82) is 0 Å². The van der Waals surface area contributed by atoms with Crippen LogP contribution in [0.2, 0.25) is 0 Å². The SMILES string of the molecule is COC(=O)c1ccc(S(=O)(=O)NC(CN)C2CC2)cc1OC.Cl. The van der Waals surface area contributed by atoms with Crippen molar-refractivity contribution in [3.63, 3.8) is 0 Å². The van der Waals surface area contributed by atoms with Crippen molar-refractivity contribution in [2.75, 3.05) is 20.8 Å². The Kier molecular flexibility index (Phi) is 6.82.